The fraction of sp³-hybridized carbons (Fsp3) is 0. The lowest BCUT2D eigenvalue weighted by molar-refractivity contribution is -0.383. The molecule has 2 rings (SSSR count). The van der Waals surface area contributed by atoms with E-state index in [9.17, 15) is 10.1 Å². The maximum absolute atomic E-state index is 10.3. The zero-order valence-electron chi connectivity index (χ0n) is 5.40. The number of fused-ring (bicyclic) bond motifs is 1. The molecule has 0 fully saturated rings. The van der Waals surface area contributed by atoms with Crippen molar-refractivity contribution in [3.8, 4) is 11.5 Å². The summed E-state index contributed by atoms with van der Waals surface area (Å²) in [6.07, 6.45) is 0. The van der Waals surface area contributed by atoms with Gasteiger partial charge in [0.15, 0.2) is 5.75 Å². The Kier molecular flexibility index (Phi) is 0.883. The molecule has 1 aromatic carbocycles. The van der Waals surface area contributed by atoms with E-state index in [1.54, 1.807) is 6.07 Å². The van der Waals surface area contributed by atoms with E-state index in [2.05, 4.69) is 0 Å². The largest absolute Gasteiger partial charge is 0.442 e. The van der Waals surface area contributed by atoms with Crippen molar-refractivity contribution in [1.29, 1.82) is 0 Å². The molecule has 0 saturated heterocycles. The van der Waals surface area contributed by atoms with Gasteiger partial charge in [-0.05, 0) is 12.1 Å². The first-order valence-electron chi connectivity index (χ1n) is 2.95. The maximum atomic E-state index is 10.3. The van der Waals surface area contributed by atoms with Gasteiger partial charge in [-0.15, -0.1) is 0 Å². The lowest BCUT2D eigenvalue weighted by Gasteiger charge is -1.89. The number of nitro groups is 1. The summed E-state index contributed by atoms with van der Waals surface area (Å²) < 4.78 is 4.79. The van der Waals surface area contributed by atoms with Gasteiger partial charge in [-0.2, -0.15) is 0 Å². The Labute approximate surface area is 61.5 Å². The first-order chi connectivity index (χ1) is 5.20. The minimum atomic E-state index is -0.541. The quantitative estimate of drug-likeness (QED) is 0.289. The molecule has 5 nitrogen and oxygen atoms in total. The third-order valence-corrected chi connectivity index (χ3v) is 1.48. The molecule has 0 aliphatic carbocycles. The Bertz CT molecular complexity index is 344. The van der Waals surface area contributed by atoms with Gasteiger partial charge in [0.2, 0.25) is 5.75 Å². The molecular formula is C6H4N2O3. The summed E-state index contributed by atoms with van der Waals surface area (Å²) in [5, 5.41) is 10.3. The van der Waals surface area contributed by atoms with E-state index in [1.807, 2.05) is 0 Å². The molecule has 0 aromatic heterocycles. The van der Waals surface area contributed by atoms with Gasteiger partial charge in [-0.3, -0.25) is 10.1 Å². The highest BCUT2D eigenvalue weighted by Gasteiger charge is 2.34. The molecule has 5 heteroatoms. The van der Waals surface area contributed by atoms with Gasteiger partial charge in [-0.25, -0.2) is 0 Å². The van der Waals surface area contributed by atoms with Crippen molar-refractivity contribution in [1.82, 2.24) is 0 Å². The van der Waals surface area contributed by atoms with E-state index < -0.39 is 4.92 Å². The van der Waals surface area contributed by atoms with Crippen LogP contribution in [0.15, 0.2) is 12.1 Å². The highest BCUT2D eigenvalue weighted by molar-refractivity contribution is 5.77. The molecule has 1 aromatic rings. The molecule has 56 valence electrons. The van der Waals surface area contributed by atoms with E-state index in [1.165, 1.54) is 6.07 Å². The summed E-state index contributed by atoms with van der Waals surface area (Å²) in [7, 11) is 0. The topological polar surface area (TPSA) is 81.7 Å². The summed E-state index contributed by atoms with van der Waals surface area (Å²) in [5.41, 5.74) is 5.36. The highest BCUT2D eigenvalue weighted by Crippen LogP contribution is 2.54. The molecule has 0 radical (unpaired) electrons. The smallest absolute Gasteiger partial charge is 0.338 e. The lowest BCUT2D eigenvalue weighted by Crippen LogP contribution is -1.92. The Balaban J connectivity index is 2.64. The van der Waals surface area contributed by atoms with Gasteiger partial charge in [0.25, 0.3) is 0 Å². The van der Waals surface area contributed by atoms with Crippen molar-refractivity contribution in [3.63, 3.8) is 0 Å². The number of ether oxygens (including phenoxy) is 1. The second-order valence-corrected chi connectivity index (χ2v) is 2.19. The van der Waals surface area contributed by atoms with Crippen LogP contribution in [0.5, 0.6) is 11.5 Å². The zero-order chi connectivity index (χ0) is 8.01. The van der Waals surface area contributed by atoms with E-state index in [4.69, 9.17) is 10.5 Å². The van der Waals surface area contributed by atoms with Crippen LogP contribution in [0.3, 0.4) is 0 Å². The first kappa shape index (κ1) is 5.96. The number of nitro benzene ring substituents is 1. The molecule has 0 unspecified atom stereocenters. The molecule has 0 bridgehead atoms. The Morgan fingerprint density at radius 3 is 2.82 bits per heavy atom. The number of rotatable bonds is 1. The summed E-state index contributed by atoms with van der Waals surface area (Å²) in [6.45, 7) is 0. The van der Waals surface area contributed by atoms with Crippen LogP contribution in [0.4, 0.5) is 11.4 Å². The van der Waals surface area contributed by atoms with Crippen LogP contribution in [-0.4, -0.2) is 4.92 Å². The van der Waals surface area contributed by atoms with Crippen molar-refractivity contribution in [2.24, 2.45) is 0 Å². The van der Waals surface area contributed by atoms with E-state index in [0.717, 1.165) is 0 Å². The van der Waals surface area contributed by atoms with Crippen LogP contribution in [0, 0.1) is 10.1 Å². The van der Waals surface area contributed by atoms with Crippen LogP contribution >= 0.6 is 0 Å². The SMILES string of the molecule is Nc1ccc2c(c1[N+](=O)[O-])O2. The Morgan fingerprint density at radius 2 is 2.27 bits per heavy atom. The van der Waals surface area contributed by atoms with Gasteiger partial charge in [0.05, 0.1) is 4.92 Å². The molecule has 11 heavy (non-hydrogen) atoms. The van der Waals surface area contributed by atoms with Gasteiger partial charge < -0.3 is 10.5 Å². The number of nitrogen functional groups attached to an aromatic ring is 1. The van der Waals surface area contributed by atoms with Crippen LogP contribution < -0.4 is 10.5 Å². The first-order valence-corrected chi connectivity index (χ1v) is 2.95. The zero-order valence-corrected chi connectivity index (χ0v) is 5.40. The Hall–Kier alpha value is -1.78. The maximum Gasteiger partial charge on any atom is 0.338 e. The fourth-order valence-corrected chi connectivity index (χ4v) is 0.923. The van der Waals surface area contributed by atoms with Crippen molar-refractivity contribution < 1.29 is 9.66 Å². The van der Waals surface area contributed by atoms with Crippen LogP contribution in [0.25, 0.3) is 0 Å². The van der Waals surface area contributed by atoms with Crippen molar-refractivity contribution in [2.75, 3.05) is 5.73 Å². The molecule has 0 amide bonds. The van der Waals surface area contributed by atoms with Crippen molar-refractivity contribution in [2.45, 2.75) is 0 Å². The minimum absolute atomic E-state index is 0.123. The summed E-state index contributed by atoms with van der Waals surface area (Å²) in [4.78, 5) is 9.78. The number of hydrogen-bond acceptors (Lipinski definition) is 4. The summed E-state index contributed by atoms with van der Waals surface area (Å²) in [6, 6.07) is 3.07. The van der Waals surface area contributed by atoms with Crippen molar-refractivity contribution in [3.05, 3.63) is 22.2 Å². The standard InChI is InChI=1S/C6H4N2O3/c7-3-1-2-4-6(11-4)5(3)8(9)10/h1-2H,7H2. The van der Waals surface area contributed by atoms with Crippen LogP contribution in [-0.2, 0) is 0 Å². The van der Waals surface area contributed by atoms with Crippen LogP contribution in [0.1, 0.15) is 0 Å². The van der Waals surface area contributed by atoms with Gasteiger partial charge in [-0.1, -0.05) is 0 Å². The Morgan fingerprint density at radius 1 is 1.55 bits per heavy atom. The second kappa shape index (κ2) is 1.63. The third kappa shape index (κ3) is 0.706. The van der Waals surface area contributed by atoms with Gasteiger partial charge in [0, 0.05) is 0 Å². The normalized spacial score (nSPS) is 11.6. The number of hydrogen-bond donors (Lipinski definition) is 1. The third-order valence-electron chi connectivity index (χ3n) is 1.48. The van der Waals surface area contributed by atoms with Crippen molar-refractivity contribution >= 4 is 11.4 Å². The summed E-state index contributed by atoms with van der Waals surface area (Å²) >= 11 is 0. The van der Waals surface area contributed by atoms with Crippen LogP contribution in [0.2, 0.25) is 0 Å². The molecule has 1 heterocycles. The predicted molar refractivity (Wildman–Crippen MR) is 37.6 cm³/mol. The fourth-order valence-electron chi connectivity index (χ4n) is 0.923. The predicted octanol–water partition coefficient (Wildman–Crippen LogP) is 1.28. The monoisotopic (exact) mass is 152 g/mol. The van der Waals surface area contributed by atoms with Gasteiger partial charge in [0.1, 0.15) is 5.69 Å². The molecule has 0 saturated carbocycles. The molecule has 0 atom stereocenters. The minimum Gasteiger partial charge on any atom is -0.442 e. The highest BCUT2D eigenvalue weighted by atomic mass is 16.6. The van der Waals surface area contributed by atoms with E-state index in [0.29, 0.717) is 11.5 Å². The molecular weight excluding hydrogens is 148 g/mol. The molecule has 2 N–H and O–H groups in total. The molecule has 1 aliphatic rings. The number of nitrogens with zero attached hydrogens (tertiary/aromatic N) is 1. The lowest BCUT2D eigenvalue weighted by atomic mass is 10.3. The molecule has 1 aliphatic heterocycles. The molecule has 0 spiro atoms. The number of anilines is 1. The number of benzene rings is 1. The van der Waals surface area contributed by atoms with E-state index in [-0.39, 0.29) is 11.4 Å². The summed E-state index contributed by atoms with van der Waals surface area (Å²) in [5.74, 6) is 0.848. The second-order valence-electron chi connectivity index (χ2n) is 2.19. The van der Waals surface area contributed by atoms with Gasteiger partial charge >= 0.3 is 5.69 Å². The average molecular weight is 152 g/mol. The average Bonchev–Trinajstić information content (AvgIpc) is 2.64. The number of nitrogens with two attached hydrogens (primary N) is 1. The van der Waals surface area contributed by atoms with E-state index >= 15 is 0 Å².